The van der Waals surface area contributed by atoms with E-state index in [0.717, 1.165) is 28.7 Å². The van der Waals surface area contributed by atoms with Crippen LogP contribution in [0.25, 0.3) is 10.9 Å². The molecule has 0 saturated heterocycles. The number of amides is 1. The second kappa shape index (κ2) is 7.17. The standard InChI is InChI=1S/C19H15F4N5O2/c1-28(6-9-2-3-16(27-26-9)19(21,22)23)18(29)11-4-10-12-7-30-8-13(12)17(24)25-15(10)5-14(11)20/h2-5H,6-8H2,1H3,(H2,24,25). The SMILES string of the molecule is CN(Cc1ccc(C(F)(F)F)nn1)C(=O)c1cc2c3c(c(N)nc2cc1F)COC3. The molecule has 11 heteroatoms. The highest BCUT2D eigenvalue weighted by Gasteiger charge is 2.33. The van der Waals surface area contributed by atoms with Crippen molar-refractivity contribution in [1.82, 2.24) is 20.1 Å². The van der Waals surface area contributed by atoms with E-state index < -0.39 is 23.6 Å². The molecule has 0 aliphatic carbocycles. The molecule has 3 aromatic rings. The fourth-order valence-corrected chi connectivity index (χ4v) is 3.27. The van der Waals surface area contributed by atoms with Crippen LogP contribution in [-0.2, 0) is 30.7 Å². The van der Waals surface area contributed by atoms with Crippen LogP contribution in [0.15, 0.2) is 24.3 Å². The number of hydrogen-bond acceptors (Lipinski definition) is 6. The Kier molecular flexibility index (Phi) is 4.77. The largest absolute Gasteiger partial charge is 0.435 e. The number of nitrogens with two attached hydrogens (primary N) is 1. The number of aromatic nitrogens is 3. The minimum absolute atomic E-state index is 0.128. The van der Waals surface area contributed by atoms with Gasteiger partial charge in [-0.25, -0.2) is 9.37 Å². The molecule has 0 unspecified atom stereocenters. The molecular weight excluding hydrogens is 406 g/mol. The highest BCUT2D eigenvalue weighted by molar-refractivity contribution is 5.99. The molecule has 0 saturated carbocycles. The minimum atomic E-state index is -4.61. The number of carbonyl (C=O) groups excluding carboxylic acids is 1. The van der Waals surface area contributed by atoms with Gasteiger partial charge in [-0.15, -0.1) is 5.10 Å². The Morgan fingerprint density at radius 2 is 1.93 bits per heavy atom. The Hall–Kier alpha value is -3.34. The van der Waals surface area contributed by atoms with E-state index in [4.69, 9.17) is 10.5 Å². The minimum Gasteiger partial charge on any atom is -0.383 e. The third kappa shape index (κ3) is 3.52. The Bertz CT molecular complexity index is 1150. The van der Waals surface area contributed by atoms with E-state index in [1.54, 1.807) is 0 Å². The topological polar surface area (TPSA) is 94.2 Å². The summed E-state index contributed by atoms with van der Waals surface area (Å²) in [6.45, 7) is 0.411. The summed E-state index contributed by atoms with van der Waals surface area (Å²) in [5, 5.41) is 7.17. The van der Waals surface area contributed by atoms with E-state index in [0.29, 0.717) is 16.5 Å². The molecule has 1 amide bonds. The molecule has 0 spiro atoms. The molecule has 0 bridgehead atoms. The molecule has 1 aliphatic rings. The number of nitrogen functional groups attached to an aromatic ring is 1. The van der Waals surface area contributed by atoms with Gasteiger partial charge in [0, 0.05) is 24.1 Å². The number of pyridine rings is 1. The summed E-state index contributed by atoms with van der Waals surface area (Å²) in [5.74, 6) is -1.20. The molecule has 0 fully saturated rings. The smallest absolute Gasteiger partial charge is 0.383 e. The second-order valence-electron chi connectivity index (χ2n) is 6.87. The summed E-state index contributed by atoms with van der Waals surface area (Å²) in [7, 11) is 1.39. The lowest BCUT2D eigenvalue weighted by Gasteiger charge is -2.18. The van der Waals surface area contributed by atoms with Crippen molar-refractivity contribution in [3.63, 3.8) is 0 Å². The van der Waals surface area contributed by atoms with Crippen LogP contribution < -0.4 is 5.73 Å². The molecule has 0 atom stereocenters. The number of alkyl halides is 3. The highest BCUT2D eigenvalue weighted by atomic mass is 19.4. The van der Waals surface area contributed by atoms with Crippen molar-refractivity contribution in [1.29, 1.82) is 0 Å². The monoisotopic (exact) mass is 421 g/mol. The van der Waals surface area contributed by atoms with E-state index in [1.165, 1.54) is 13.1 Å². The summed E-state index contributed by atoms with van der Waals surface area (Å²) in [4.78, 5) is 18.1. The van der Waals surface area contributed by atoms with E-state index in [1.807, 2.05) is 0 Å². The maximum atomic E-state index is 14.6. The van der Waals surface area contributed by atoms with Crippen LogP contribution in [0, 0.1) is 5.82 Å². The molecule has 2 N–H and O–H groups in total. The molecule has 156 valence electrons. The number of ether oxygens (including phenoxy) is 1. The maximum Gasteiger partial charge on any atom is 0.435 e. The van der Waals surface area contributed by atoms with Gasteiger partial charge in [0.25, 0.3) is 5.91 Å². The number of rotatable bonds is 3. The second-order valence-corrected chi connectivity index (χ2v) is 6.87. The van der Waals surface area contributed by atoms with Crippen molar-refractivity contribution in [2.45, 2.75) is 25.9 Å². The van der Waals surface area contributed by atoms with Crippen molar-refractivity contribution >= 4 is 22.6 Å². The van der Waals surface area contributed by atoms with Crippen LogP contribution in [-0.4, -0.2) is 33.0 Å². The van der Waals surface area contributed by atoms with Crippen LogP contribution >= 0.6 is 0 Å². The summed E-state index contributed by atoms with van der Waals surface area (Å²) < 4.78 is 57.8. The third-order valence-corrected chi connectivity index (χ3v) is 4.80. The summed E-state index contributed by atoms with van der Waals surface area (Å²) in [6, 6.07) is 4.41. The average molecular weight is 421 g/mol. The molecule has 3 heterocycles. The first-order valence-electron chi connectivity index (χ1n) is 8.78. The quantitative estimate of drug-likeness (QED) is 0.654. The van der Waals surface area contributed by atoms with Gasteiger partial charge in [-0.05, 0) is 23.8 Å². The van der Waals surface area contributed by atoms with Crippen molar-refractivity contribution in [3.8, 4) is 0 Å². The van der Waals surface area contributed by atoms with Gasteiger partial charge in [-0.3, -0.25) is 4.79 Å². The van der Waals surface area contributed by atoms with Crippen LogP contribution in [0.3, 0.4) is 0 Å². The number of hydrogen-bond donors (Lipinski definition) is 1. The van der Waals surface area contributed by atoms with Crippen LogP contribution in [0.2, 0.25) is 0 Å². The van der Waals surface area contributed by atoms with Gasteiger partial charge >= 0.3 is 6.18 Å². The van der Waals surface area contributed by atoms with E-state index in [2.05, 4.69) is 15.2 Å². The summed E-state index contributed by atoms with van der Waals surface area (Å²) in [6.07, 6.45) is -4.61. The van der Waals surface area contributed by atoms with Gasteiger partial charge in [-0.2, -0.15) is 18.3 Å². The number of anilines is 1. The third-order valence-electron chi connectivity index (χ3n) is 4.80. The number of benzene rings is 1. The number of halogens is 4. The maximum absolute atomic E-state index is 14.6. The summed E-state index contributed by atoms with van der Waals surface area (Å²) >= 11 is 0. The summed E-state index contributed by atoms with van der Waals surface area (Å²) in [5.41, 5.74) is 6.44. The van der Waals surface area contributed by atoms with Gasteiger partial charge in [-0.1, -0.05) is 0 Å². The first-order valence-corrected chi connectivity index (χ1v) is 8.78. The molecule has 7 nitrogen and oxygen atoms in total. The Balaban J connectivity index is 1.62. The van der Waals surface area contributed by atoms with E-state index in [9.17, 15) is 22.4 Å². The average Bonchev–Trinajstić information content (AvgIpc) is 3.17. The number of carbonyl (C=O) groups is 1. The predicted octanol–water partition coefficient (Wildman–Crippen LogP) is 3.07. The van der Waals surface area contributed by atoms with Crippen molar-refractivity contribution < 1.29 is 27.1 Å². The van der Waals surface area contributed by atoms with Crippen molar-refractivity contribution in [3.05, 3.63) is 58.2 Å². The van der Waals surface area contributed by atoms with Crippen molar-refractivity contribution in [2.24, 2.45) is 0 Å². The fourth-order valence-electron chi connectivity index (χ4n) is 3.27. The predicted molar refractivity (Wildman–Crippen MR) is 97.4 cm³/mol. The molecule has 1 aliphatic heterocycles. The van der Waals surface area contributed by atoms with Crippen LogP contribution in [0.1, 0.15) is 32.9 Å². The van der Waals surface area contributed by atoms with Gasteiger partial charge in [0.2, 0.25) is 0 Å². The Labute approximate surface area is 167 Å². The van der Waals surface area contributed by atoms with Gasteiger partial charge in [0.05, 0.1) is 36.5 Å². The van der Waals surface area contributed by atoms with E-state index in [-0.39, 0.29) is 36.8 Å². The molecule has 0 radical (unpaired) electrons. The molecular formula is C19H15F4N5O2. The molecule has 1 aromatic carbocycles. The normalized spacial score (nSPS) is 13.5. The molecule has 2 aromatic heterocycles. The lowest BCUT2D eigenvalue weighted by atomic mass is 10.0. The van der Waals surface area contributed by atoms with Crippen molar-refractivity contribution in [2.75, 3.05) is 12.8 Å². The van der Waals surface area contributed by atoms with Gasteiger partial charge < -0.3 is 15.4 Å². The Morgan fingerprint density at radius 1 is 1.20 bits per heavy atom. The van der Waals surface area contributed by atoms with Crippen LogP contribution in [0.5, 0.6) is 0 Å². The number of nitrogens with zero attached hydrogens (tertiary/aromatic N) is 4. The Morgan fingerprint density at radius 3 is 2.60 bits per heavy atom. The zero-order chi connectivity index (χ0) is 21.6. The first-order chi connectivity index (χ1) is 14.1. The number of fused-ring (bicyclic) bond motifs is 3. The van der Waals surface area contributed by atoms with Gasteiger partial charge in [0.1, 0.15) is 11.6 Å². The lowest BCUT2D eigenvalue weighted by Crippen LogP contribution is -2.28. The van der Waals surface area contributed by atoms with E-state index >= 15 is 0 Å². The first kappa shape index (κ1) is 20.0. The zero-order valence-corrected chi connectivity index (χ0v) is 15.6. The molecule has 30 heavy (non-hydrogen) atoms. The molecule has 4 rings (SSSR count). The highest BCUT2D eigenvalue weighted by Crippen LogP contribution is 2.32. The van der Waals surface area contributed by atoms with Crippen LogP contribution in [0.4, 0.5) is 23.4 Å². The van der Waals surface area contributed by atoms with Gasteiger partial charge in [0.15, 0.2) is 5.69 Å². The zero-order valence-electron chi connectivity index (χ0n) is 15.6. The lowest BCUT2D eigenvalue weighted by molar-refractivity contribution is -0.141. The fraction of sp³-hybridized carbons (Fsp3) is 0.263.